The predicted molar refractivity (Wildman–Crippen MR) is 74.0 cm³/mol. The highest BCUT2D eigenvalue weighted by molar-refractivity contribution is 8.14. The van der Waals surface area contributed by atoms with Gasteiger partial charge in [-0.15, -0.1) is 0 Å². The lowest BCUT2D eigenvalue weighted by Gasteiger charge is -2.15. The number of halogens is 4. The normalized spacial score (nSPS) is 18.3. The van der Waals surface area contributed by atoms with E-state index in [1.165, 1.54) is 23.9 Å². The number of para-hydroxylation sites is 1. The molecule has 19 heavy (non-hydrogen) atoms. The first-order chi connectivity index (χ1) is 8.69. The lowest BCUT2D eigenvalue weighted by atomic mass is 10.1. The van der Waals surface area contributed by atoms with Crippen LogP contribution >= 0.6 is 23.4 Å². The van der Waals surface area contributed by atoms with Gasteiger partial charge in [-0.25, -0.2) is 0 Å². The Bertz CT molecular complexity index is 526. The second-order valence-corrected chi connectivity index (χ2v) is 6.17. The lowest BCUT2D eigenvalue weighted by Crippen LogP contribution is -2.16. The molecule has 0 spiro atoms. The summed E-state index contributed by atoms with van der Waals surface area (Å²) in [7, 11) is 0. The van der Waals surface area contributed by atoms with Crippen LogP contribution in [0.25, 0.3) is 0 Å². The largest absolute Gasteiger partial charge is 0.418 e. The fourth-order valence-corrected chi connectivity index (χ4v) is 2.90. The molecule has 2 rings (SSSR count). The van der Waals surface area contributed by atoms with Crippen molar-refractivity contribution in [2.24, 2.45) is 4.99 Å². The molecule has 104 valence electrons. The molecule has 0 radical (unpaired) electrons. The number of aliphatic imine (C=N–C) groups is 1. The summed E-state index contributed by atoms with van der Waals surface area (Å²) >= 11 is 7.24. The van der Waals surface area contributed by atoms with E-state index in [0.717, 1.165) is 11.8 Å². The maximum absolute atomic E-state index is 12.9. The van der Waals surface area contributed by atoms with Crippen molar-refractivity contribution in [3.05, 3.63) is 28.8 Å². The number of nitrogens with one attached hydrogen (secondary N) is 1. The molecule has 0 saturated heterocycles. The number of anilines is 1. The van der Waals surface area contributed by atoms with E-state index in [9.17, 15) is 13.2 Å². The van der Waals surface area contributed by atoms with Crippen molar-refractivity contribution in [2.75, 3.05) is 11.1 Å². The molecule has 0 saturated carbocycles. The van der Waals surface area contributed by atoms with Crippen LogP contribution in [0.2, 0.25) is 5.02 Å². The summed E-state index contributed by atoms with van der Waals surface area (Å²) in [6, 6.07) is 3.70. The minimum atomic E-state index is -4.45. The summed E-state index contributed by atoms with van der Waals surface area (Å²) in [6.45, 7) is 3.85. The Hall–Kier alpha value is -0.880. The Morgan fingerprint density at radius 1 is 1.37 bits per heavy atom. The van der Waals surface area contributed by atoms with E-state index >= 15 is 0 Å². The van der Waals surface area contributed by atoms with Crippen LogP contribution in [-0.4, -0.2) is 16.5 Å². The van der Waals surface area contributed by atoms with Crippen molar-refractivity contribution < 1.29 is 13.2 Å². The summed E-state index contributed by atoms with van der Waals surface area (Å²) in [5.74, 6) is 0.723. The quantitative estimate of drug-likeness (QED) is 0.816. The zero-order chi connectivity index (χ0) is 14.3. The molecule has 1 aromatic carbocycles. The number of rotatable bonds is 1. The molecule has 0 fully saturated rings. The average molecular weight is 309 g/mol. The van der Waals surface area contributed by atoms with Crippen molar-refractivity contribution >= 4 is 34.2 Å². The summed E-state index contributed by atoms with van der Waals surface area (Å²) in [5.41, 5.74) is -1.19. The fourth-order valence-electron chi connectivity index (χ4n) is 1.64. The van der Waals surface area contributed by atoms with Gasteiger partial charge in [0.05, 0.1) is 21.8 Å². The van der Waals surface area contributed by atoms with Crippen molar-refractivity contribution in [2.45, 2.75) is 25.6 Å². The van der Waals surface area contributed by atoms with Crippen LogP contribution in [0, 0.1) is 0 Å². The molecule has 0 atom stereocenters. The lowest BCUT2D eigenvalue weighted by molar-refractivity contribution is -0.136. The summed E-state index contributed by atoms with van der Waals surface area (Å²) in [6.07, 6.45) is -4.45. The van der Waals surface area contributed by atoms with E-state index < -0.39 is 11.7 Å². The van der Waals surface area contributed by atoms with Gasteiger partial charge in [-0.05, 0) is 26.0 Å². The monoisotopic (exact) mass is 308 g/mol. The maximum atomic E-state index is 12.9. The summed E-state index contributed by atoms with van der Waals surface area (Å²) < 4.78 is 38.7. The van der Waals surface area contributed by atoms with Gasteiger partial charge in [0, 0.05) is 5.75 Å². The SMILES string of the molecule is CC1(C)CSC(Nc2c(Cl)cccc2C(F)(F)F)=N1. The van der Waals surface area contributed by atoms with Crippen molar-refractivity contribution in [1.82, 2.24) is 0 Å². The smallest absolute Gasteiger partial charge is 0.333 e. The molecule has 1 aromatic rings. The molecule has 0 aromatic heterocycles. The third-order valence-corrected chi connectivity index (χ3v) is 4.15. The summed E-state index contributed by atoms with van der Waals surface area (Å²) in [5, 5.41) is 3.19. The van der Waals surface area contributed by atoms with Crippen molar-refractivity contribution in [3.8, 4) is 0 Å². The molecular formula is C12H12ClF3N2S. The van der Waals surface area contributed by atoms with Crippen molar-refractivity contribution in [1.29, 1.82) is 0 Å². The number of thioether (sulfide) groups is 1. The molecule has 2 nitrogen and oxygen atoms in total. The minimum absolute atomic E-state index is 0.0304. The number of nitrogens with zero attached hydrogens (tertiary/aromatic N) is 1. The van der Waals surface area contributed by atoms with Gasteiger partial charge in [0.2, 0.25) is 0 Å². The van der Waals surface area contributed by atoms with Gasteiger partial charge in [-0.1, -0.05) is 29.4 Å². The second-order valence-electron chi connectivity index (χ2n) is 4.80. The van der Waals surface area contributed by atoms with Gasteiger partial charge >= 0.3 is 6.18 Å². The van der Waals surface area contributed by atoms with Gasteiger partial charge in [0.1, 0.15) is 0 Å². The Morgan fingerprint density at radius 3 is 2.58 bits per heavy atom. The van der Waals surface area contributed by atoms with Gasteiger partial charge < -0.3 is 5.32 Å². The van der Waals surface area contributed by atoms with Gasteiger partial charge in [-0.3, -0.25) is 4.99 Å². The number of alkyl halides is 3. The minimum Gasteiger partial charge on any atom is -0.333 e. The molecule has 1 N–H and O–H groups in total. The molecular weight excluding hydrogens is 297 g/mol. The van der Waals surface area contributed by atoms with Crippen molar-refractivity contribution in [3.63, 3.8) is 0 Å². The first-order valence-corrected chi connectivity index (χ1v) is 6.91. The fraction of sp³-hybridized carbons (Fsp3) is 0.417. The summed E-state index contributed by atoms with van der Waals surface area (Å²) in [4.78, 5) is 4.32. The van der Waals surface area contributed by atoms with Crippen LogP contribution in [-0.2, 0) is 6.18 Å². The zero-order valence-electron chi connectivity index (χ0n) is 10.3. The average Bonchev–Trinajstić information content (AvgIpc) is 2.59. The Kier molecular flexibility index (Phi) is 3.75. The van der Waals surface area contributed by atoms with Gasteiger partial charge in [0.25, 0.3) is 0 Å². The van der Waals surface area contributed by atoms with Crippen LogP contribution < -0.4 is 5.32 Å². The van der Waals surface area contributed by atoms with Crippen LogP contribution in [0.4, 0.5) is 18.9 Å². The maximum Gasteiger partial charge on any atom is 0.418 e. The number of benzene rings is 1. The highest BCUT2D eigenvalue weighted by Crippen LogP contribution is 2.39. The standard InChI is InChI=1S/C12H12ClF3N2S/c1-11(2)6-19-10(18-11)17-9-7(12(14,15)16)4-3-5-8(9)13/h3-5H,6H2,1-2H3,(H,17,18). The molecule has 0 aliphatic carbocycles. The van der Waals surface area contributed by atoms with E-state index in [2.05, 4.69) is 10.3 Å². The van der Waals surface area contributed by atoms with E-state index in [0.29, 0.717) is 5.17 Å². The van der Waals surface area contributed by atoms with Gasteiger partial charge in [0.15, 0.2) is 5.17 Å². The zero-order valence-corrected chi connectivity index (χ0v) is 11.9. The highest BCUT2D eigenvalue weighted by atomic mass is 35.5. The molecule has 7 heteroatoms. The molecule has 1 aliphatic rings. The van der Waals surface area contributed by atoms with Crippen LogP contribution in [0.15, 0.2) is 23.2 Å². The van der Waals surface area contributed by atoms with E-state index in [4.69, 9.17) is 11.6 Å². The Balaban J connectivity index is 2.36. The molecule has 0 bridgehead atoms. The third kappa shape index (κ3) is 3.36. The van der Waals surface area contributed by atoms with Gasteiger partial charge in [-0.2, -0.15) is 13.2 Å². The Morgan fingerprint density at radius 2 is 2.05 bits per heavy atom. The van der Waals surface area contributed by atoms with E-state index in [1.54, 1.807) is 0 Å². The molecule has 1 heterocycles. The Labute approximate surface area is 118 Å². The first-order valence-electron chi connectivity index (χ1n) is 5.54. The van der Waals surface area contributed by atoms with E-state index in [1.807, 2.05) is 13.8 Å². The molecule has 1 aliphatic heterocycles. The van der Waals surface area contributed by atoms with E-state index in [-0.39, 0.29) is 16.2 Å². The van der Waals surface area contributed by atoms with Crippen LogP contribution in [0.3, 0.4) is 0 Å². The molecule has 0 amide bonds. The van der Waals surface area contributed by atoms with Crippen LogP contribution in [0.5, 0.6) is 0 Å². The second kappa shape index (κ2) is 4.90. The number of hydrogen-bond donors (Lipinski definition) is 1. The highest BCUT2D eigenvalue weighted by Gasteiger charge is 2.35. The number of hydrogen-bond acceptors (Lipinski definition) is 3. The number of amidine groups is 1. The topological polar surface area (TPSA) is 24.4 Å². The van der Waals surface area contributed by atoms with Crippen LogP contribution in [0.1, 0.15) is 19.4 Å². The predicted octanol–water partition coefficient (Wildman–Crippen LogP) is 4.65. The molecule has 0 unspecified atom stereocenters. The third-order valence-electron chi connectivity index (χ3n) is 2.52. The first kappa shape index (κ1) is 14.5.